The first-order valence-electron chi connectivity index (χ1n) is 8.32. The predicted molar refractivity (Wildman–Crippen MR) is 89.9 cm³/mol. The van der Waals surface area contributed by atoms with Gasteiger partial charge in [0.1, 0.15) is 0 Å². The van der Waals surface area contributed by atoms with Gasteiger partial charge in [0.2, 0.25) is 6.41 Å². The molecule has 0 atom stereocenters. The lowest BCUT2D eigenvalue weighted by Gasteiger charge is -2.31. The molecule has 1 amide bonds. The Labute approximate surface area is 151 Å². The molecule has 1 fully saturated rings. The minimum absolute atomic E-state index is 0.196. The van der Waals surface area contributed by atoms with Gasteiger partial charge in [-0.05, 0) is 0 Å². The van der Waals surface area contributed by atoms with Crippen molar-refractivity contribution in [2.45, 2.75) is 0 Å². The Morgan fingerprint density at radius 2 is 0.885 bits per heavy atom. The van der Waals surface area contributed by atoms with Gasteiger partial charge in [0, 0.05) is 52.4 Å². The Bertz CT molecular complexity index is 470. The molecule has 0 spiro atoms. The van der Waals surface area contributed by atoms with Gasteiger partial charge < -0.3 is 20.2 Å². The number of aliphatic carboxylic acids is 3. The van der Waals surface area contributed by atoms with Gasteiger partial charge in [-0.15, -0.1) is 0 Å². The molecule has 148 valence electrons. The number of hydrogen-bond acceptors (Lipinski definition) is 7. The number of carboxylic acid groups (broad SMARTS) is 3. The summed E-state index contributed by atoms with van der Waals surface area (Å²) in [6.45, 7) is 2.06. The molecule has 0 unspecified atom stereocenters. The lowest BCUT2D eigenvalue weighted by atomic mass is 10.3. The van der Waals surface area contributed by atoms with E-state index in [2.05, 4.69) is 0 Å². The van der Waals surface area contributed by atoms with Gasteiger partial charge in [-0.2, -0.15) is 0 Å². The molecule has 11 heteroatoms. The zero-order valence-electron chi connectivity index (χ0n) is 14.6. The molecule has 3 N–H and O–H groups in total. The SMILES string of the molecule is O=CN1CCN(CC(=O)O)CCN(CC(=O)O)CCN(CC(=O)O)CC1. The zero-order chi connectivity index (χ0) is 19.5. The van der Waals surface area contributed by atoms with Gasteiger partial charge in [-0.1, -0.05) is 0 Å². The molecule has 11 nitrogen and oxygen atoms in total. The summed E-state index contributed by atoms with van der Waals surface area (Å²) in [5.74, 6) is -2.99. The molecule has 0 aromatic heterocycles. The van der Waals surface area contributed by atoms with E-state index in [9.17, 15) is 19.2 Å². The first-order valence-corrected chi connectivity index (χ1v) is 8.32. The van der Waals surface area contributed by atoms with Crippen molar-refractivity contribution in [1.82, 2.24) is 19.6 Å². The highest BCUT2D eigenvalue weighted by Crippen LogP contribution is 2.00. The van der Waals surface area contributed by atoms with Crippen LogP contribution < -0.4 is 0 Å². The maximum atomic E-state index is 11.2. The van der Waals surface area contributed by atoms with E-state index in [0.717, 1.165) is 0 Å². The third kappa shape index (κ3) is 9.30. The summed E-state index contributed by atoms with van der Waals surface area (Å²) in [5, 5.41) is 27.1. The van der Waals surface area contributed by atoms with Crippen molar-refractivity contribution in [3.8, 4) is 0 Å². The Balaban J connectivity index is 2.83. The van der Waals surface area contributed by atoms with Crippen LogP contribution in [0.3, 0.4) is 0 Å². The second-order valence-corrected chi connectivity index (χ2v) is 6.15. The summed E-state index contributed by atoms with van der Waals surface area (Å²) in [6.07, 6.45) is 0.667. The van der Waals surface area contributed by atoms with E-state index in [4.69, 9.17) is 15.3 Å². The molecule has 0 saturated carbocycles. The minimum atomic E-state index is -1.00. The lowest BCUT2D eigenvalue weighted by Crippen LogP contribution is -2.48. The van der Waals surface area contributed by atoms with Crippen molar-refractivity contribution in [3.63, 3.8) is 0 Å². The van der Waals surface area contributed by atoms with E-state index in [1.807, 2.05) is 0 Å². The van der Waals surface area contributed by atoms with Crippen LogP contribution in [0.15, 0.2) is 0 Å². The Morgan fingerprint density at radius 3 is 1.12 bits per heavy atom. The molecule has 26 heavy (non-hydrogen) atoms. The fourth-order valence-electron chi connectivity index (χ4n) is 2.71. The molecular weight excluding hydrogens is 348 g/mol. The lowest BCUT2D eigenvalue weighted by molar-refractivity contribution is -0.140. The van der Waals surface area contributed by atoms with Crippen molar-refractivity contribution >= 4 is 24.3 Å². The van der Waals surface area contributed by atoms with Gasteiger partial charge in [0.05, 0.1) is 19.6 Å². The smallest absolute Gasteiger partial charge is 0.317 e. The summed E-state index contributed by atoms with van der Waals surface area (Å²) in [6, 6.07) is 0. The van der Waals surface area contributed by atoms with Crippen molar-refractivity contribution in [2.24, 2.45) is 0 Å². The van der Waals surface area contributed by atoms with E-state index < -0.39 is 17.9 Å². The molecule has 0 aromatic rings. The van der Waals surface area contributed by atoms with Crippen LogP contribution in [0.25, 0.3) is 0 Å². The standard InChI is InChI=1S/C15H26N4O7/c20-12-19-7-5-17(10-14(23)24)3-1-16(9-13(21)22)2-4-18(6-8-19)11-15(25)26/h12H,1-11H2,(H,21,22)(H,23,24)(H,25,26). The molecule has 1 aliphatic rings. The molecule has 0 aliphatic carbocycles. The third-order valence-corrected chi connectivity index (χ3v) is 4.10. The fourth-order valence-corrected chi connectivity index (χ4v) is 2.71. The molecule has 1 aliphatic heterocycles. The van der Waals surface area contributed by atoms with Gasteiger partial charge in [0.15, 0.2) is 0 Å². The average molecular weight is 374 g/mol. The number of hydrogen-bond donors (Lipinski definition) is 3. The van der Waals surface area contributed by atoms with E-state index in [1.54, 1.807) is 14.7 Å². The normalized spacial score (nSPS) is 19.3. The molecule has 1 saturated heterocycles. The van der Waals surface area contributed by atoms with Crippen LogP contribution in [0.2, 0.25) is 0 Å². The maximum absolute atomic E-state index is 11.2. The van der Waals surface area contributed by atoms with Gasteiger partial charge >= 0.3 is 17.9 Å². The van der Waals surface area contributed by atoms with Crippen molar-refractivity contribution in [3.05, 3.63) is 0 Å². The number of rotatable bonds is 7. The zero-order valence-corrected chi connectivity index (χ0v) is 14.6. The fraction of sp³-hybridized carbons (Fsp3) is 0.733. The number of nitrogens with zero attached hydrogens (tertiary/aromatic N) is 4. The maximum Gasteiger partial charge on any atom is 0.317 e. The second kappa shape index (κ2) is 11.4. The highest BCUT2D eigenvalue weighted by Gasteiger charge is 2.19. The molecule has 1 rings (SSSR count). The van der Waals surface area contributed by atoms with Crippen molar-refractivity contribution in [1.29, 1.82) is 0 Å². The summed E-state index contributed by atoms with van der Waals surface area (Å²) >= 11 is 0. The monoisotopic (exact) mass is 374 g/mol. The van der Waals surface area contributed by atoms with Crippen molar-refractivity contribution < 1.29 is 34.5 Å². The number of amides is 1. The topological polar surface area (TPSA) is 142 Å². The van der Waals surface area contributed by atoms with Crippen LogP contribution in [-0.2, 0) is 19.2 Å². The van der Waals surface area contributed by atoms with Crippen LogP contribution in [0.1, 0.15) is 0 Å². The first-order chi connectivity index (χ1) is 12.3. The van der Waals surface area contributed by atoms with E-state index in [0.29, 0.717) is 58.8 Å². The first kappa shape index (κ1) is 21.8. The van der Waals surface area contributed by atoms with Gasteiger partial charge in [-0.3, -0.25) is 33.9 Å². The van der Waals surface area contributed by atoms with Crippen LogP contribution >= 0.6 is 0 Å². The highest BCUT2D eigenvalue weighted by molar-refractivity contribution is 5.69. The largest absolute Gasteiger partial charge is 0.480 e. The van der Waals surface area contributed by atoms with Crippen molar-refractivity contribution in [2.75, 3.05) is 72.0 Å². The number of carboxylic acids is 3. The molecule has 0 bridgehead atoms. The van der Waals surface area contributed by atoms with Crippen LogP contribution in [-0.4, -0.2) is 131 Å². The predicted octanol–water partition coefficient (Wildman–Crippen LogP) is -2.38. The van der Waals surface area contributed by atoms with E-state index in [1.165, 1.54) is 4.90 Å². The number of carbonyl (C=O) groups is 4. The Morgan fingerprint density at radius 1 is 0.615 bits per heavy atom. The Hall–Kier alpha value is -2.24. The summed E-state index contributed by atoms with van der Waals surface area (Å²) < 4.78 is 0. The highest BCUT2D eigenvalue weighted by atomic mass is 16.4. The van der Waals surface area contributed by atoms with Crippen LogP contribution in [0, 0.1) is 0 Å². The summed E-state index contributed by atoms with van der Waals surface area (Å²) in [5.41, 5.74) is 0. The summed E-state index contributed by atoms with van der Waals surface area (Å²) in [4.78, 5) is 50.7. The van der Waals surface area contributed by atoms with Gasteiger partial charge in [0.25, 0.3) is 0 Å². The second-order valence-electron chi connectivity index (χ2n) is 6.15. The van der Waals surface area contributed by atoms with Gasteiger partial charge in [-0.25, -0.2) is 0 Å². The molecular formula is C15H26N4O7. The molecule has 0 aromatic carbocycles. The van der Waals surface area contributed by atoms with Crippen LogP contribution in [0.5, 0.6) is 0 Å². The summed E-state index contributed by atoms with van der Waals surface area (Å²) in [7, 11) is 0. The quantitative estimate of drug-likeness (QED) is 0.413. The molecule has 1 heterocycles. The van der Waals surface area contributed by atoms with E-state index in [-0.39, 0.29) is 19.6 Å². The van der Waals surface area contributed by atoms with E-state index >= 15 is 0 Å². The minimum Gasteiger partial charge on any atom is -0.480 e. The molecule has 0 radical (unpaired) electrons. The average Bonchev–Trinajstić information content (AvgIpc) is 2.53. The van der Waals surface area contributed by atoms with Crippen LogP contribution in [0.4, 0.5) is 0 Å². The third-order valence-electron chi connectivity index (χ3n) is 4.10. The number of carbonyl (C=O) groups excluding carboxylic acids is 1. The Kier molecular flexibility index (Phi) is 9.55.